The van der Waals surface area contributed by atoms with Crippen LogP contribution < -0.4 is 10.5 Å². The second-order valence-corrected chi connectivity index (χ2v) is 5.44. The number of aromatic nitrogens is 3. The number of rotatable bonds is 6. The molecule has 0 radical (unpaired) electrons. The van der Waals surface area contributed by atoms with Crippen LogP contribution in [0.25, 0.3) is 0 Å². The predicted molar refractivity (Wildman–Crippen MR) is 80.9 cm³/mol. The first-order valence-corrected chi connectivity index (χ1v) is 7.00. The van der Waals surface area contributed by atoms with Crippen LogP contribution in [0, 0.1) is 5.92 Å². The number of benzene rings is 1. The smallest absolute Gasteiger partial charge is 0.142 e. The fourth-order valence-electron chi connectivity index (χ4n) is 2.26. The fourth-order valence-corrected chi connectivity index (χ4v) is 2.26. The van der Waals surface area contributed by atoms with Crippen LogP contribution in [-0.2, 0) is 13.0 Å². The van der Waals surface area contributed by atoms with Gasteiger partial charge in [-0.15, -0.1) is 0 Å². The van der Waals surface area contributed by atoms with E-state index in [0.29, 0.717) is 29.3 Å². The summed E-state index contributed by atoms with van der Waals surface area (Å²) in [6, 6.07) is 5.38. The van der Waals surface area contributed by atoms with Gasteiger partial charge < -0.3 is 15.6 Å². The molecule has 114 valence electrons. The van der Waals surface area contributed by atoms with Crippen molar-refractivity contribution in [3.63, 3.8) is 0 Å². The second kappa shape index (κ2) is 6.58. The Hall–Kier alpha value is -2.08. The number of aliphatic hydroxyl groups is 1. The molecule has 21 heavy (non-hydrogen) atoms. The van der Waals surface area contributed by atoms with Crippen LogP contribution in [0.3, 0.4) is 0 Å². The van der Waals surface area contributed by atoms with Gasteiger partial charge in [-0.3, -0.25) is 0 Å². The summed E-state index contributed by atoms with van der Waals surface area (Å²) in [4.78, 5) is 4.23. The zero-order valence-electron chi connectivity index (χ0n) is 12.7. The molecule has 3 N–H and O–H groups in total. The van der Waals surface area contributed by atoms with Gasteiger partial charge in [0.05, 0.1) is 18.9 Å². The number of hydrogen-bond acceptors (Lipinski definition) is 5. The second-order valence-electron chi connectivity index (χ2n) is 5.44. The van der Waals surface area contributed by atoms with Gasteiger partial charge in [0, 0.05) is 18.5 Å². The van der Waals surface area contributed by atoms with Crippen LogP contribution >= 0.6 is 0 Å². The Balaban J connectivity index is 2.19. The number of nitrogens with two attached hydrogens (primary N) is 1. The highest BCUT2D eigenvalue weighted by molar-refractivity contribution is 5.59. The maximum absolute atomic E-state index is 10.4. The molecule has 0 aliphatic carbocycles. The minimum Gasteiger partial charge on any atom is -0.495 e. The number of nitrogens with zero attached hydrogens (tertiary/aromatic N) is 3. The molecule has 6 nitrogen and oxygen atoms in total. The molecule has 2 rings (SSSR count). The lowest BCUT2D eigenvalue weighted by molar-refractivity contribution is 0.174. The van der Waals surface area contributed by atoms with Crippen LogP contribution in [0.4, 0.5) is 5.69 Å². The van der Waals surface area contributed by atoms with Crippen LogP contribution in [0.15, 0.2) is 24.5 Å². The Labute approximate surface area is 124 Å². The van der Waals surface area contributed by atoms with Gasteiger partial charge in [-0.1, -0.05) is 26.0 Å². The molecule has 0 aliphatic heterocycles. The molecular formula is C15H22N4O2. The van der Waals surface area contributed by atoms with Crippen molar-refractivity contribution in [2.24, 2.45) is 5.92 Å². The molecule has 1 atom stereocenters. The summed E-state index contributed by atoms with van der Waals surface area (Å²) in [7, 11) is 1.56. The summed E-state index contributed by atoms with van der Waals surface area (Å²) in [6.07, 6.45) is 1.14. The van der Waals surface area contributed by atoms with Crippen molar-refractivity contribution >= 4 is 5.69 Å². The molecule has 0 saturated heterocycles. The monoisotopic (exact) mass is 290 g/mol. The van der Waals surface area contributed by atoms with Crippen molar-refractivity contribution in [2.45, 2.75) is 32.9 Å². The van der Waals surface area contributed by atoms with E-state index in [1.807, 2.05) is 10.7 Å². The van der Waals surface area contributed by atoms with Crippen LogP contribution in [-0.4, -0.2) is 27.0 Å². The summed E-state index contributed by atoms with van der Waals surface area (Å²) < 4.78 is 7.00. The lowest BCUT2D eigenvalue weighted by Crippen LogP contribution is -2.14. The zero-order valence-corrected chi connectivity index (χ0v) is 12.7. The standard InChI is InChI=1S/C15H22N4O2/c1-10(2)8-19-14(17-9-18-19)7-12(20)11-5-4-6-13(21-3)15(11)16/h4-6,9-10,12,20H,7-8,16H2,1-3H3. The number of anilines is 1. The normalized spacial score (nSPS) is 12.6. The third-order valence-electron chi connectivity index (χ3n) is 3.29. The summed E-state index contributed by atoms with van der Waals surface area (Å²) in [5.74, 6) is 1.78. The minimum absolute atomic E-state index is 0.365. The predicted octanol–water partition coefficient (Wildman–Crippen LogP) is 1.80. The number of hydrogen-bond donors (Lipinski definition) is 2. The highest BCUT2D eigenvalue weighted by atomic mass is 16.5. The van der Waals surface area contributed by atoms with Crippen molar-refractivity contribution in [2.75, 3.05) is 12.8 Å². The summed E-state index contributed by atoms with van der Waals surface area (Å²) in [6.45, 7) is 5.00. The van der Waals surface area contributed by atoms with Gasteiger partial charge in [0.25, 0.3) is 0 Å². The van der Waals surface area contributed by atoms with Gasteiger partial charge in [-0.05, 0) is 12.0 Å². The van der Waals surface area contributed by atoms with E-state index in [1.165, 1.54) is 6.33 Å². The van der Waals surface area contributed by atoms with E-state index in [-0.39, 0.29) is 0 Å². The van der Waals surface area contributed by atoms with Crippen LogP contribution in [0.2, 0.25) is 0 Å². The third-order valence-corrected chi connectivity index (χ3v) is 3.29. The lowest BCUT2D eigenvalue weighted by atomic mass is 10.0. The Morgan fingerprint density at radius 1 is 1.38 bits per heavy atom. The maximum Gasteiger partial charge on any atom is 0.142 e. The average Bonchev–Trinajstić information content (AvgIpc) is 2.85. The Bertz CT molecular complexity index is 595. The van der Waals surface area contributed by atoms with E-state index in [0.717, 1.165) is 12.4 Å². The summed E-state index contributed by atoms with van der Waals surface area (Å²) >= 11 is 0. The number of ether oxygens (including phenoxy) is 1. The Morgan fingerprint density at radius 3 is 2.81 bits per heavy atom. The van der Waals surface area contributed by atoms with E-state index < -0.39 is 6.10 Å². The molecule has 0 saturated carbocycles. The quantitative estimate of drug-likeness (QED) is 0.792. The molecule has 1 unspecified atom stereocenters. The summed E-state index contributed by atoms with van der Waals surface area (Å²) in [5, 5.41) is 14.6. The first-order chi connectivity index (χ1) is 10.0. The largest absolute Gasteiger partial charge is 0.495 e. The number of para-hydroxylation sites is 1. The van der Waals surface area contributed by atoms with E-state index >= 15 is 0 Å². The highest BCUT2D eigenvalue weighted by Gasteiger charge is 2.17. The van der Waals surface area contributed by atoms with E-state index in [4.69, 9.17) is 10.5 Å². The molecule has 1 heterocycles. The van der Waals surface area contributed by atoms with Crippen molar-refractivity contribution in [1.82, 2.24) is 14.8 Å². The molecule has 2 aromatic rings. The molecule has 0 aliphatic rings. The van der Waals surface area contributed by atoms with Crippen molar-refractivity contribution in [3.8, 4) is 5.75 Å². The van der Waals surface area contributed by atoms with Crippen molar-refractivity contribution in [3.05, 3.63) is 35.9 Å². The van der Waals surface area contributed by atoms with Crippen molar-refractivity contribution in [1.29, 1.82) is 0 Å². The molecule has 1 aromatic carbocycles. The number of methoxy groups -OCH3 is 1. The van der Waals surface area contributed by atoms with Gasteiger partial charge in [0.15, 0.2) is 0 Å². The average molecular weight is 290 g/mol. The van der Waals surface area contributed by atoms with E-state index in [9.17, 15) is 5.11 Å². The molecule has 0 amide bonds. The lowest BCUT2D eigenvalue weighted by Gasteiger charge is -2.16. The molecule has 1 aromatic heterocycles. The fraction of sp³-hybridized carbons (Fsp3) is 0.467. The Kier molecular flexibility index (Phi) is 4.80. The van der Waals surface area contributed by atoms with Gasteiger partial charge in [-0.2, -0.15) is 5.10 Å². The topological polar surface area (TPSA) is 86.2 Å². The number of nitrogen functional groups attached to an aromatic ring is 1. The third kappa shape index (κ3) is 3.52. The minimum atomic E-state index is -0.741. The van der Waals surface area contributed by atoms with Crippen molar-refractivity contribution < 1.29 is 9.84 Å². The van der Waals surface area contributed by atoms with Gasteiger partial charge in [-0.25, -0.2) is 9.67 Å². The van der Waals surface area contributed by atoms with E-state index in [2.05, 4.69) is 23.9 Å². The van der Waals surface area contributed by atoms with Crippen LogP contribution in [0.5, 0.6) is 5.75 Å². The SMILES string of the molecule is COc1cccc(C(O)Cc2ncnn2CC(C)C)c1N. The number of aliphatic hydroxyl groups excluding tert-OH is 1. The maximum atomic E-state index is 10.4. The van der Waals surface area contributed by atoms with E-state index in [1.54, 1.807) is 19.2 Å². The Morgan fingerprint density at radius 2 is 2.14 bits per heavy atom. The molecule has 6 heteroatoms. The van der Waals surface area contributed by atoms with Gasteiger partial charge in [0.1, 0.15) is 17.9 Å². The van der Waals surface area contributed by atoms with Crippen LogP contribution in [0.1, 0.15) is 31.3 Å². The molecular weight excluding hydrogens is 268 g/mol. The molecule has 0 bridgehead atoms. The van der Waals surface area contributed by atoms with Gasteiger partial charge >= 0.3 is 0 Å². The molecule has 0 fully saturated rings. The zero-order chi connectivity index (χ0) is 15.4. The summed E-state index contributed by atoms with van der Waals surface area (Å²) in [5.41, 5.74) is 7.12. The first-order valence-electron chi connectivity index (χ1n) is 7.00. The molecule has 0 spiro atoms. The highest BCUT2D eigenvalue weighted by Crippen LogP contribution is 2.30. The first kappa shape index (κ1) is 15.3. The van der Waals surface area contributed by atoms with Gasteiger partial charge in [0.2, 0.25) is 0 Å².